The molecule has 4 rings (SSSR count). The Kier molecular flexibility index (Phi) is 4.54. The molecule has 0 saturated heterocycles. The zero-order chi connectivity index (χ0) is 17.9. The van der Waals surface area contributed by atoms with E-state index in [4.69, 9.17) is 12.2 Å². The van der Waals surface area contributed by atoms with Gasteiger partial charge in [-0.1, -0.05) is 66.7 Å². The summed E-state index contributed by atoms with van der Waals surface area (Å²) in [5, 5.41) is 3.34. The first-order valence-electron chi connectivity index (χ1n) is 8.65. The second kappa shape index (κ2) is 7.14. The Hall–Kier alpha value is -2.92. The van der Waals surface area contributed by atoms with E-state index in [9.17, 15) is 4.79 Å². The number of anilines is 1. The molecule has 130 valence electrons. The average Bonchev–Trinajstić information content (AvgIpc) is 2.67. The minimum Gasteiger partial charge on any atom is -0.341 e. The first-order valence-corrected chi connectivity index (χ1v) is 9.06. The predicted molar refractivity (Wildman–Crippen MR) is 108 cm³/mol. The minimum absolute atomic E-state index is 0.0114. The molecule has 1 aliphatic rings. The lowest BCUT2D eigenvalue weighted by molar-refractivity contribution is 0.718. The molecule has 2 heterocycles. The van der Waals surface area contributed by atoms with Crippen molar-refractivity contribution in [2.45, 2.75) is 18.8 Å². The number of aryl methyl sites for hydroxylation is 1. The summed E-state index contributed by atoms with van der Waals surface area (Å²) in [7, 11) is 0. The van der Waals surface area contributed by atoms with E-state index in [2.05, 4.69) is 45.6 Å². The Morgan fingerprint density at radius 3 is 2.35 bits per heavy atom. The molecular weight excluding hydrogens is 342 g/mol. The zero-order valence-electron chi connectivity index (χ0n) is 14.2. The molecule has 0 amide bonds. The molecule has 1 unspecified atom stereocenters. The molecule has 5 heteroatoms. The second-order valence-corrected chi connectivity index (χ2v) is 6.81. The third-order valence-electron chi connectivity index (χ3n) is 4.65. The van der Waals surface area contributed by atoms with E-state index in [1.165, 1.54) is 5.56 Å². The normalized spacial score (nSPS) is 15.7. The maximum absolute atomic E-state index is 12.5. The van der Waals surface area contributed by atoms with Crippen molar-refractivity contribution < 1.29 is 0 Å². The van der Waals surface area contributed by atoms with Crippen molar-refractivity contribution in [3.8, 4) is 0 Å². The van der Waals surface area contributed by atoms with Gasteiger partial charge < -0.3 is 10.3 Å². The van der Waals surface area contributed by atoms with Gasteiger partial charge in [-0.25, -0.2) is 0 Å². The fourth-order valence-electron chi connectivity index (χ4n) is 3.39. The SMILES string of the molecule is O=c1[nH]c(=S)[nH]c2c1C(CCc1ccccc1)C=C(c1ccccc1)N2. The Labute approximate surface area is 156 Å². The van der Waals surface area contributed by atoms with Crippen LogP contribution in [0.4, 0.5) is 5.82 Å². The van der Waals surface area contributed by atoms with Crippen molar-refractivity contribution in [2.75, 3.05) is 5.32 Å². The molecule has 0 aliphatic carbocycles. The lowest BCUT2D eigenvalue weighted by Crippen LogP contribution is -2.24. The highest BCUT2D eigenvalue weighted by atomic mass is 32.1. The minimum atomic E-state index is -0.127. The number of nitrogens with one attached hydrogen (secondary N) is 3. The molecule has 0 fully saturated rings. The number of rotatable bonds is 4. The first-order chi connectivity index (χ1) is 12.7. The average molecular weight is 361 g/mol. The van der Waals surface area contributed by atoms with Crippen LogP contribution in [0.25, 0.3) is 5.70 Å². The van der Waals surface area contributed by atoms with Crippen LogP contribution in [-0.2, 0) is 6.42 Å². The number of fused-ring (bicyclic) bond motifs is 1. The lowest BCUT2D eigenvalue weighted by atomic mass is 9.89. The molecule has 0 spiro atoms. The van der Waals surface area contributed by atoms with Gasteiger partial charge in [-0.15, -0.1) is 0 Å². The van der Waals surface area contributed by atoms with Crippen LogP contribution in [-0.4, -0.2) is 9.97 Å². The molecule has 0 radical (unpaired) electrons. The van der Waals surface area contributed by atoms with Gasteiger partial charge in [0.05, 0.1) is 5.56 Å². The van der Waals surface area contributed by atoms with Crippen molar-refractivity contribution in [1.82, 2.24) is 9.97 Å². The van der Waals surface area contributed by atoms with Crippen molar-refractivity contribution in [2.24, 2.45) is 0 Å². The van der Waals surface area contributed by atoms with E-state index < -0.39 is 0 Å². The number of hydrogen-bond donors (Lipinski definition) is 3. The summed E-state index contributed by atoms with van der Waals surface area (Å²) < 4.78 is 0.331. The van der Waals surface area contributed by atoms with Gasteiger partial charge in [0.2, 0.25) is 0 Å². The molecule has 1 atom stereocenters. The summed E-state index contributed by atoms with van der Waals surface area (Å²) in [5.41, 5.74) is 3.93. The van der Waals surface area contributed by atoms with E-state index in [1.807, 2.05) is 36.4 Å². The van der Waals surface area contributed by atoms with Crippen molar-refractivity contribution >= 4 is 23.7 Å². The van der Waals surface area contributed by atoms with Gasteiger partial charge in [-0.3, -0.25) is 9.78 Å². The highest BCUT2D eigenvalue weighted by Crippen LogP contribution is 2.34. The molecule has 1 aromatic heterocycles. The molecule has 26 heavy (non-hydrogen) atoms. The van der Waals surface area contributed by atoms with Gasteiger partial charge in [0.25, 0.3) is 5.56 Å². The van der Waals surface area contributed by atoms with Gasteiger partial charge in [-0.05, 0) is 36.2 Å². The molecular formula is C21H19N3OS. The van der Waals surface area contributed by atoms with E-state index in [0.717, 1.165) is 24.1 Å². The maximum Gasteiger partial charge on any atom is 0.257 e. The largest absolute Gasteiger partial charge is 0.341 e. The zero-order valence-corrected chi connectivity index (χ0v) is 15.0. The Balaban J connectivity index is 1.73. The third kappa shape index (κ3) is 3.39. The highest BCUT2D eigenvalue weighted by molar-refractivity contribution is 7.71. The fraction of sp³-hybridized carbons (Fsp3) is 0.143. The van der Waals surface area contributed by atoms with Gasteiger partial charge in [-0.2, -0.15) is 0 Å². The smallest absolute Gasteiger partial charge is 0.257 e. The summed E-state index contributed by atoms with van der Waals surface area (Å²) in [5.74, 6) is 0.704. The lowest BCUT2D eigenvalue weighted by Gasteiger charge is -2.25. The van der Waals surface area contributed by atoms with Gasteiger partial charge in [0.15, 0.2) is 4.77 Å². The van der Waals surface area contributed by atoms with Gasteiger partial charge >= 0.3 is 0 Å². The quantitative estimate of drug-likeness (QED) is 0.595. The summed E-state index contributed by atoms with van der Waals surface area (Å²) >= 11 is 5.15. The maximum atomic E-state index is 12.5. The van der Waals surface area contributed by atoms with Gasteiger partial charge in [0, 0.05) is 11.6 Å². The van der Waals surface area contributed by atoms with Crippen molar-refractivity contribution in [1.29, 1.82) is 0 Å². The molecule has 4 nitrogen and oxygen atoms in total. The Bertz CT molecular complexity index is 1050. The molecule has 0 saturated carbocycles. The van der Waals surface area contributed by atoms with E-state index in [-0.39, 0.29) is 11.5 Å². The molecule has 3 N–H and O–H groups in total. The summed E-state index contributed by atoms with van der Waals surface area (Å²) in [6.45, 7) is 0. The van der Waals surface area contributed by atoms with Crippen LogP contribution in [0.1, 0.15) is 29.0 Å². The second-order valence-electron chi connectivity index (χ2n) is 6.40. The van der Waals surface area contributed by atoms with Crippen LogP contribution in [0.5, 0.6) is 0 Å². The summed E-state index contributed by atoms with van der Waals surface area (Å²) in [6, 6.07) is 20.5. The Morgan fingerprint density at radius 2 is 1.62 bits per heavy atom. The number of aromatic nitrogens is 2. The standard InChI is InChI=1S/C21H19N3OS/c25-20-18-16(12-11-14-7-3-1-4-8-14)13-17(15-9-5-2-6-10-15)22-19(18)23-21(26)24-20/h1-10,13,16H,11-12H2,(H3,22,23,24,25,26). The van der Waals surface area contributed by atoms with Gasteiger partial charge in [0.1, 0.15) is 5.82 Å². The summed E-state index contributed by atoms with van der Waals surface area (Å²) in [6.07, 6.45) is 3.90. The predicted octanol–water partition coefficient (Wildman–Crippen LogP) is 4.62. The number of hydrogen-bond acceptors (Lipinski definition) is 3. The van der Waals surface area contributed by atoms with Crippen LogP contribution in [0.2, 0.25) is 0 Å². The summed E-state index contributed by atoms with van der Waals surface area (Å²) in [4.78, 5) is 18.4. The van der Waals surface area contributed by atoms with E-state index in [1.54, 1.807) is 0 Å². The number of allylic oxidation sites excluding steroid dienone is 1. The first kappa shape index (κ1) is 16.5. The topological polar surface area (TPSA) is 60.7 Å². The van der Waals surface area contributed by atoms with Crippen LogP contribution >= 0.6 is 12.2 Å². The molecule has 2 aromatic carbocycles. The van der Waals surface area contributed by atoms with Crippen molar-refractivity contribution in [3.63, 3.8) is 0 Å². The monoisotopic (exact) mass is 361 g/mol. The van der Waals surface area contributed by atoms with Crippen LogP contribution in [0, 0.1) is 4.77 Å². The van der Waals surface area contributed by atoms with Crippen LogP contribution in [0.3, 0.4) is 0 Å². The molecule has 1 aliphatic heterocycles. The third-order valence-corrected chi connectivity index (χ3v) is 4.85. The fourth-order valence-corrected chi connectivity index (χ4v) is 3.58. The van der Waals surface area contributed by atoms with E-state index >= 15 is 0 Å². The Morgan fingerprint density at radius 1 is 0.923 bits per heavy atom. The number of H-pyrrole nitrogens is 2. The van der Waals surface area contributed by atoms with E-state index in [0.29, 0.717) is 16.2 Å². The van der Waals surface area contributed by atoms with Crippen molar-refractivity contribution in [3.05, 3.63) is 98.6 Å². The highest BCUT2D eigenvalue weighted by Gasteiger charge is 2.24. The number of aromatic amines is 2. The molecule has 0 bridgehead atoms. The number of benzene rings is 2. The molecule has 3 aromatic rings. The van der Waals surface area contributed by atoms with Crippen LogP contribution in [0.15, 0.2) is 71.5 Å². The van der Waals surface area contributed by atoms with Crippen LogP contribution < -0.4 is 10.9 Å².